The number of hydrogen-bond acceptors (Lipinski definition) is 3. The Balaban J connectivity index is 2.22. The van der Waals surface area contributed by atoms with Gasteiger partial charge in [-0.25, -0.2) is 18.7 Å². The molecule has 4 nitrogen and oxygen atoms in total. The van der Waals surface area contributed by atoms with Crippen LogP contribution in [0, 0.1) is 11.6 Å². The van der Waals surface area contributed by atoms with E-state index in [-0.39, 0.29) is 11.3 Å². The monoisotopic (exact) mass is 235 g/mol. The maximum Gasteiger partial charge on any atom is 0.258 e. The Bertz CT molecular complexity index is 546. The highest BCUT2D eigenvalue weighted by atomic mass is 19.1. The van der Waals surface area contributed by atoms with Crippen LogP contribution >= 0.6 is 0 Å². The zero-order chi connectivity index (χ0) is 12.3. The van der Waals surface area contributed by atoms with Crippen LogP contribution in [0.25, 0.3) is 0 Å². The number of aromatic nitrogens is 2. The van der Waals surface area contributed by atoms with E-state index in [1.807, 2.05) is 0 Å². The van der Waals surface area contributed by atoms with Crippen molar-refractivity contribution in [2.75, 3.05) is 5.32 Å². The van der Waals surface area contributed by atoms with E-state index in [1.165, 1.54) is 18.7 Å². The fraction of sp³-hybridized carbons (Fsp3) is 0. The van der Waals surface area contributed by atoms with Gasteiger partial charge in [-0.05, 0) is 12.1 Å². The number of nitrogens with one attached hydrogen (secondary N) is 1. The largest absolute Gasteiger partial charge is 0.319 e. The predicted octanol–water partition coefficient (Wildman–Crippen LogP) is 2.01. The van der Waals surface area contributed by atoms with E-state index in [4.69, 9.17) is 0 Å². The molecule has 2 rings (SSSR count). The molecule has 6 heteroatoms. The predicted molar refractivity (Wildman–Crippen MR) is 56.3 cm³/mol. The molecule has 0 aliphatic rings. The van der Waals surface area contributed by atoms with Crippen molar-refractivity contribution in [3.8, 4) is 0 Å². The Labute approximate surface area is 95.3 Å². The maximum atomic E-state index is 13.2. The highest BCUT2D eigenvalue weighted by molar-refractivity contribution is 6.03. The summed E-state index contributed by atoms with van der Waals surface area (Å²) >= 11 is 0. The fourth-order valence-electron chi connectivity index (χ4n) is 1.20. The van der Waals surface area contributed by atoms with Gasteiger partial charge < -0.3 is 5.32 Å². The van der Waals surface area contributed by atoms with E-state index < -0.39 is 17.5 Å². The Kier molecular flexibility index (Phi) is 3.04. The summed E-state index contributed by atoms with van der Waals surface area (Å²) < 4.78 is 26.1. The molecule has 0 fully saturated rings. The average molecular weight is 235 g/mol. The second-order valence-corrected chi connectivity index (χ2v) is 3.21. The van der Waals surface area contributed by atoms with Crippen molar-refractivity contribution < 1.29 is 13.6 Å². The number of halogens is 2. The first-order valence-electron chi connectivity index (χ1n) is 4.68. The Morgan fingerprint density at radius 3 is 2.59 bits per heavy atom. The molecular formula is C11H7F2N3O. The smallest absolute Gasteiger partial charge is 0.258 e. The number of nitrogens with zero attached hydrogens (tertiary/aromatic N) is 2. The Morgan fingerprint density at radius 1 is 1.18 bits per heavy atom. The van der Waals surface area contributed by atoms with Gasteiger partial charge in [0.25, 0.3) is 5.91 Å². The Morgan fingerprint density at radius 2 is 1.88 bits per heavy atom. The number of carbonyl (C=O) groups is 1. The van der Waals surface area contributed by atoms with Crippen LogP contribution < -0.4 is 5.32 Å². The third-order valence-electron chi connectivity index (χ3n) is 2.00. The average Bonchev–Trinajstić information content (AvgIpc) is 2.35. The summed E-state index contributed by atoms with van der Waals surface area (Å²) in [5.74, 6) is -1.95. The summed E-state index contributed by atoms with van der Waals surface area (Å²) in [6.45, 7) is 0. The first-order chi connectivity index (χ1) is 8.16. The molecule has 0 bridgehead atoms. The zero-order valence-electron chi connectivity index (χ0n) is 8.52. The van der Waals surface area contributed by atoms with Crippen molar-refractivity contribution in [3.63, 3.8) is 0 Å². The highest BCUT2D eigenvalue weighted by Crippen LogP contribution is 2.15. The minimum Gasteiger partial charge on any atom is -0.319 e. The number of benzene rings is 1. The first-order valence-corrected chi connectivity index (χ1v) is 4.68. The molecule has 1 amide bonds. The van der Waals surface area contributed by atoms with Crippen LogP contribution in [0.1, 0.15) is 10.4 Å². The number of hydrogen-bond donors (Lipinski definition) is 1. The van der Waals surface area contributed by atoms with Crippen molar-refractivity contribution in [2.45, 2.75) is 0 Å². The first kappa shape index (κ1) is 11.1. The van der Waals surface area contributed by atoms with Crippen molar-refractivity contribution in [1.29, 1.82) is 0 Å². The second-order valence-electron chi connectivity index (χ2n) is 3.21. The summed E-state index contributed by atoms with van der Waals surface area (Å²) in [6.07, 6.45) is 3.82. The summed E-state index contributed by atoms with van der Waals surface area (Å²) in [4.78, 5) is 18.9. The molecule has 1 aromatic carbocycles. The van der Waals surface area contributed by atoms with Gasteiger partial charge in [0.15, 0.2) is 0 Å². The minimum absolute atomic E-state index is 0.163. The minimum atomic E-state index is -0.711. The van der Waals surface area contributed by atoms with Gasteiger partial charge in [0.2, 0.25) is 0 Å². The van der Waals surface area contributed by atoms with E-state index in [1.54, 1.807) is 0 Å². The number of carbonyl (C=O) groups excluding carboxylic acids is 1. The standard InChI is InChI=1S/C11H7F2N3O/c12-8-1-2-9(13)10(3-8)16-11(17)7-4-14-6-15-5-7/h1-6H,(H,16,17). The van der Waals surface area contributed by atoms with Crippen LogP contribution in [-0.2, 0) is 0 Å². The molecule has 1 aromatic heterocycles. The van der Waals surface area contributed by atoms with E-state index in [0.29, 0.717) is 0 Å². The van der Waals surface area contributed by atoms with Crippen molar-refractivity contribution in [3.05, 3.63) is 54.1 Å². The summed E-state index contributed by atoms with van der Waals surface area (Å²) in [7, 11) is 0. The molecule has 0 spiro atoms. The van der Waals surface area contributed by atoms with Gasteiger partial charge in [0.1, 0.15) is 18.0 Å². The lowest BCUT2D eigenvalue weighted by Crippen LogP contribution is -2.13. The van der Waals surface area contributed by atoms with E-state index in [0.717, 1.165) is 18.2 Å². The Hall–Kier alpha value is -2.37. The topological polar surface area (TPSA) is 54.9 Å². The third kappa shape index (κ3) is 2.60. The van der Waals surface area contributed by atoms with Gasteiger partial charge in [0, 0.05) is 18.5 Å². The lowest BCUT2D eigenvalue weighted by molar-refractivity contribution is 0.102. The molecule has 86 valence electrons. The molecule has 17 heavy (non-hydrogen) atoms. The highest BCUT2D eigenvalue weighted by Gasteiger charge is 2.10. The van der Waals surface area contributed by atoms with Crippen LogP contribution in [0.3, 0.4) is 0 Å². The number of anilines is 1. The lowest BCUT2D eigenvalue weighted by atomic mass is 10.2. The fourth-order valence-corrected chi connectivity index (χ4v) is 1.20. The van der Waals surface area contributed by atoms with Crippen molar-refractivity contribution >= 4 is 11.6 Å². The van der Waals surface area contributed by atoms with Gasteiger partial charge in [-0.1, -0.05) is 0 Å². The van der Waals surface area contributed by atoms with E-state index >= 15 is 0 Å². The summed E-state index contributed by atoms with van der Waals surface area (Å²) in [6, 6.07) is 2.81. The maximum absolute atomic E-state index is 13.2. The van der Waals surface area contributed by atoms with Crippen molar-refractivity contribution in [1.82, 2.24) is 9.97 Å². The molecule has 0 radical (unpaired) electrons. The molecule has 0 atom stereocenters. The van der Waals surface area contributed by atoms with Gasteiger partial charge in [-0.15, -0.1) is 0 Å². The quantitative estimate of drug-likeness (QED) is 0.866. The van der Waals surface area contributed by atoms with Crippen LogP contribution in [0.15, 0.2) is 36.9 Å². The second kappa shape index (κ2) is 4.65. The van der Waals surface area contributed by atoms with Gasteiger partial charge in [-0.2, -0.15) is 0 Å². The van der Waals surface area contributed by atoms with Gasteiger partial charge in [-0.3, -0.25) is 4.79 Å². The molecule has 1 N–H and O–H groups in total. The zero-order valence-corrected chi connectivity index (χ0v) is 8.52. The third-order valence-corrected chi connectivity index (χ3v) is 2.00. The van der Waals surface area contributed by atoms with Crippen LogP contribution in [-0.4, -0.2) is 15.9 Å². The molecule has 0 unspecified atom stereocenters. The van der Waals surface area contributed by atoms with Crippen LogP contribution in [0.2, 0.25) is 0 Å². The molecule has 0 aliphatic carbocycles. The normalized spacial score (nSPS) is 10.0. The van der Waals surface area contributed by atoms with Gasteiger partial charge in [0.05, 0.1) is 11.3 Å². The SMILES string of the molecule is O=C(Nc1cc(F)ccc1F)c1cncnc1. The molecule has 2 aromatic rings. The molecule has 0 saturated carbocycles. The lowest BCUT2D eigenvalue weighted by Gasteiger charge is -2.05. The molecule has 1 heterocycles. The molecule has 0 aliphatic heterocycles. The number of rotatable bonds is 2. The van der Waals surface area contributed by atoms with Crippen molar-refractivity contribution in [2.24, 2.45) is 0 Å². The van der Waals surface area contributed by atoms with Crippen LogP contribution in [0.4, 0.5) is 14.5 Å². The van der Waals surface area contributed by atoms with E-state index in [2.05, 4.69) is 15.3 Å². The summed E-state index contributed by atoms with van der Waals surface area (Å²) in [5.41, 5.74) is -0.0602. The number of amides is 1. The van der Waals surface area contributed by atoms with Gasteiger partial charge >= 0.3 is 0 Å². The molecule has 0 saturated heterocycles. The van der Waals surface area contributed by atoms with Crippen LogP contribution in [0.5, 0.6) is 0 Å². The molecular weight excluding hydrogens is 228 g/mol. The van der Waals surface area contributed by atoms with E-state index in [9.17, 15) is 13.6 Å². The summed E-state index contributed by atoms with van der Waals surface area (Å²) in [5, 5.41) is 2.23.